The molecule has 150 valence electrons. The van der Waals surface area contributed by atoms with Gasteiger partial charge in [0, 0.05) is 0 Å². The summed E-state index contributed by atoms with van der Waals surface area (Å²) in [5.41, 5.74) is 1.09. The van der Waals surface area contributed by atoms with Crippen LogP contribution in [0.25, 0.3) is 0 Å². The summed E-state index contributed by atoms with van der Waals surface area (Å²) in [6.45, 7) is 33.1. The van der Waals surface area contributed by atoms with Crippen molar-refractivity contribution in [3.63, 3.8) is 0 Å². The Morgan fingerprint density at radius 3 is 1.12 bits per heavy atom. The molecule has 0 unspecified atom stereocenters. The summed E-state index contributed by atoms with van der Waals surface area (Å²) < 4.78 is 21.3. The van der Waals surface area contributed by atoms with Gasteiger partial charge in [0.2, 0.25) is 16.9 Å². The lowest BCUT2D eigenvalue weighted by atomic mass is 10.2. The topological polar surface area (TPSA) is 6.48 Å². The molecule has 2 nitrogen and oxygen atoms in total. The highest BCUT2D eigenvalue weighted by Gasteiger charge is 2.74. The van der Waals surface area contributed by atoms with E-state index < -0.39 is 33.4 Å². The van der Waals surface area contributed by atoms with Crippen molar-refractivity contribution in [2.75, 3.05) is 0 Å². The van der Waals surface area contributed by atoms with Crippen LogP contribution in [0.3, 0.4) is 0 Å². The van der Waals surface area contributed by atoms with Gasteiger partial charge in [0.05, 0.1) is 0 Å². The predicted molar refractivity (Wildman–Crippen MR) is 122 cm³/mol. The van der Waals surface area contributed by atoms with Crippen LogP contribution in [-0.4, -0.2) is 32.9 Å². The molecule has 0 aromatic heterocycles. The molecule has 0 amide bonds. The molecule has 1 aliphatic rings. The van der Waals surface area contributed by atoms with E-state index in [4.69, 9.17) is 0 Å². The molecule has 1 rings (SSSR count). The summed E-state index contributed by atoms with van der Waals surface area (Å²) in [4.78, 5) is 0. The van der Waals surface area contributed by atoms with Gasteiger partial charge in [-0.2, -0.15) is 4.20 Å². The normalized spacial score (nSPS) is 22.0. The molecule has 0 bridgehead atoms. The first kappa shape index (κ1) is 24.0. The smallest absolute Gasteiger partial charge is 0.211 e. The van der Waals surface area contributed by atoms with Gasteiger partial charge in [-0.3, -0.25) is 8.00 Å². The standard InChI is InChI=1S/C18H44FN2PSi3/c1-15(2)25(16(3)4)20(23(11,12)17(5,6)7)22(19)21(25)24(13,14)18(8,9)10/h15-16H,1-14H3. The highest BCUT2D eigenvalue weighted by molar-refractivity contribution is 7.63. The molecule has 0 atom stereocenters. The van der Waals surface area contributed by atoms with Crippen LogP contribution < -0.4 is 0 Å². The fourth-order valence-electron chi connectivity index (χ4n) is 3.99. The first-order valence-electron chi connectivity index (χ1n) is 9.85. The van der Waals surface area contributed by atoms with Gasteiger partial charge < -0.3 is 0 Å². The largest absolute Gasteiger partial charge is 0.273 e. The lowest BCUT2D eigenvalue weighted by Gasteiger charge is -2.74. The SMILES string of the molecule is CC(C)[Si]1(C(C)C)N([Si](C)(C)C(C)(C)C)P(F)N1[Si](C)(C)C(C)(C)C. The Balaban J connectivity index is 3.66. The van der Waals surface area contributed by atoms with Crippen molar-refractivity contribution in [2.24, 2.45) is 0 Å². The second-order valence-corrected chi connectivity index (χ2v) is 30.2. The quantitative estimate of drug-likeness (QED) is 0.334. The Bertz CT molecular complexity index is 452. The molecular weight excluding hydrogens is 378 g/mol. The molecule has 0 aliphatic carbocycles. The fraction of sp³-hybridized carbons (Fsp3) is 1.00. The number of hydrogen-bond acceptors (Lipinski definition) is 2. The third kappa shape index (κ3) is 3.31. The average Bonchev–Trinajstić information content (AvgIpc) is 2.30. The highest BCUT2D eigenvalue weighted by Crippen LogP contribution is 2.74. The van der Waals surface area contributed by atoms with Crippen LogP contribution in [0, 0.1) is 0 Å². The monoisotopic (exact) mass is 422 g/mol. The van der Waals surface area contributed by atoms with Crippen LogP contribution in [0.1, 0.15) is 69.2 Å². The molecule has 0 radical (unpaired) electrons. The van der Waals surface area contributed by atoms with E-state index in [1.54, 1.807) is 0 Å². The van der Waals surface area contributed by atoms with Crippen LogP contribution in [0.5, 0.6) is 0 Å². The fourth-order valence-corrected chi connectivity index (χ4v) is 34.4. The van der Waals surface area contributed by atoms with Gasteiger partial charge >= 0.3 is 0 Å². The zero-order chi connectivity index (χ0) is 20.4. The maximum atomic E-state index is 16.1. The van der Waals surface area contributed by atoms with Crippen LogP contribution >= 0.6 is 8.53 Å². The second kappa shape index (κ2) is 6.77. The van der Waals surface area contributed by atoms with E-state index >= 15 is 4.20 Å². The molecule has 0 spiro atoms. The lowest BCUT2D eigenvalue weighted by Crippen LogP contribution is -2.86. The number of rotatable bonds is 4. The molecular formula is C18H44FN2PSi3. The van der Waals surface area contributed by atoms with Gasteiger partial charge in [0.15, 0.2) is 0 Å². The van der Waals surface area contributed by atoms with E-state index in [0.29, 0.717) is 11.1 Å². The summed E-state index contributed by atoms with van der Waals surface area (Å²) >= 11 is 0. The summed E-state index contributed by atoms with van der Waals surface area (Å²) in [7, 11) is -7.51. The van der Waals surface area contributed by atoms with Gasteiger partial charge in [-0.05, 0) is 21.2 Å². The molecule has 1 heterocycles. The molecule has 1 aliphatic heterocycles. The van der Waals surface area contributed by atoms with E-state index in [9.17, 15) is 0 Å². The number of halogens is 1. The summed E-state index contributed by atoms with van der Waals surface area (Å²) in [5.74, 6) is 0. The third-order valence-corrected chi connectivity index (χ3v) is 34.7. The number of hydrogen-bond donors (Lipinski definition) is 0. The number of nitrogens with zero attached hydrogens (tertiary/aromatic N) is 2. The lowest BCUT2D eigenvalue weighted by molar-refractivity contribution is 0.508. The van der Waals surface area contributed by atoms with Crippen molar-refractivity contribution in [1.82, 2.24) is 8.00 Å². The van der Waals surface area contributed by atoms with E-state index in [-0.39, 0.29) is 10.1 Å². The molecule has 25 heavy (non-hydrogen) atoms. The van der Waals surface area contributed by atoms with Crippen LogP contribution in [0.15, 0.2) is 0 Å². The summed E-state index contributed by atoms with van der Waals surface area (Å²) in [5, 5.41) is 0.364. The Morgan fingerprint density at radius 2 is 0.960 bits per heavy atom. The Morgan fingerprint density at radius 1 is 0.720 bits per heavy atom. The Kier molecular flexibility index (Phi) is 6.49. The Labute approximate surface area is 162 Å². The minimum Gasteiger partial charge on any atom is -0.273 e. The second-order valence-electron chi connectivity index (χ2n) is 11.6. The molecule has 1 fully saturated rings. The molecule has 0 saturated carbocycles. The zero-order valence-corrected chi connectivity index (χ0v) is 23.3. The van der Waals surface area contributed by atoms with E-state index in [1.807, 2.05) is 0 Å². The summed E-state index contributed by atoms with van der Waals surface area (Å²) in [6.07, 6.45) is 0. The molecule has 7 heteroatoms. The third-order valence-electron chi connectivity index (χ3n) is 7.44. The molecule has 0 aromatic rings. The van der Waals surface area contributed by atoms with Crippen LogP contribution in [0.2, 0.25) is 47.3 Å². The minimum absolute atomic E-state index is 0.182. The van der Waals surface area contributed by atoms with Gasteiger partial charge in [0.25, 0.3) is 0 Å². The highest BCUT2D eigenvalue weighted by atomic mass is 31.2. The van der Waals surface area contributed by atoms with Crippen LogP contribution in [-0.2, 0) is 0 Å². The van der Waals surface area contributed by atoms with Gasteiger partial charge in [0.1, 0.15) is 16.5 Å². The van der Waals surface area contributed by atoms with E-state index in [0.717, 1.165) is 0 Å². The van der Waals surface area contributed by atoms with Gasteiger partial charge in [-0.25, -0.2) is 0 Å². The maximum absolute atomic E-state index is 16.1. The zero-order valence-electron chi connectivity index (χ0n) is 19.4. The average molecular weight is 423 g/mol. The van der Waals surface area contributed by atoms with Crippen LogP contribution in [0.4, 0.5) is 4.20 Å². The predicted octanol–water partition coefficient (Wildman–Crippen LogP) is 8.07. The van der Waals surface area contributed by atoms with Crippen molar-refractivity contribution in [3.05, 3.63) is 0 Å². The summed E-state index contributed by atoms with van der Waals surface area (Å²) in [6, 6.07) is 0. The van der Waals surface area contributed by atoms with E-state index in [2.05, 4.69) is 103 Å². The van der Waals surface area contributed by atoms with Crippen molar-refractivity contribution in [1.29, 1.82) is 0 Å². The van der Waals surface area contributed by atoms with Crippen molar-refractivity contribution in [3.8, 4) is 0 Å². The van der Waals surface area contributed by atoms with Gasteiger partial charge in [-0.1, -0.05) is 95.4 Å². The first-order chi connectivity index (χ1) is 10.8. The van der Waals surface area contributed by atoms with Gasteiger partial charge in [-0.15, -0.1) is 0 Å². The molecule has 0 aromatic carbocycles. The minimum atomic E-state index is -2.07. The first-order valence-corrected chi connectivity index (χ1v) is 18.9. The van der Waals surface area contributed by atoms with E-state index in [1.165, 1.54) is 0 Å². The molecule has 0 N–H and O–H groups in total. The molecule has 1 saturated heterocycles. The Hall–Kier alpha value is 0.931. The maximum Gasteiger partial charge on any atom is 0.211 e. The van der Waals surface area contributed by atoms with Crippen molar-refractivity contribution < 1.29 is 4.20 Å². The van der Waals surface area contributed by atoms with Crippen molar-refractivity contribution >= 4 is 33.4 Å². The van der Waals surface area contributed by atoms with Crippen molar-refractivity contribution in [2.45, 2.75) is 117 Å².